The quantitative estimate of drug-likeness (QED) is 0.300. The number of nitrogens with zero attached hydrogens (tertiary/aromatic N) is 3. The summed E-state index contributed by atoms with van der Waals surface area (Å²) in [6.45, 7) is 0. The fourth-order valence-electron chi connectivity index (χ4n) is 4.24. The van der Waals surface area contributed by atoms with Gasteiger partial charge in [0.15, 0.2) is 17.3 Å². The fourth-order valence-corrected chi connectivity index (χ4v) is 4.24. The first kappa shape index (κ1) is 20.6. The maximum Gasteiger partial charge on any atom is 0.226 e. The van der Waals surface area contributed by atoms with Crippen LogP contribution in [0.4, 0.5) is 0 Å². The van der Waals surface area contributed by atoms with E-state index in [1.807, 2.05) is 92.1 Å². The highest BCUT2D eigenvalue weighted by atomic mass is 16.4. The Bertz CT molecular complexity index is 1460. The van der Waals surface area contributed by atoms with Crippen molar-refractivity contribution in [1.82, 2.24) is 15.0 Å². The minimum atomic E-state index is 0.486. The molecule has 6 heteroatoms. The van der Waals surface area contributed by atoms with Crippen molar-refractivity contribution in [1.29, 1.82) is 0 Å². The van der Waals surface area contributed by atoms with Crippen LogP contribution in [0.1, 0.15) is 17.3 Å². The van der Waals surface area contributed by atoms with Gasteiger partial charge in [0.2, 0.25) is 17.7 Å². The molecule has 3 aliphatic rings. The summed E-state index contributed by atoms with van der Waals surface area (Å²) in [4.78, 5) is 13.6. The summed E-state index contributed by atoms with van der Waals surface area (Å²) < 4.78 is 18.3. The number of aromatic nitrogens is 3. The Morgan fingerprint density at radius 2 is 0.778 bits per heavy atom. The molecule has 0 fully saturated rings. The van der Waals surface area contributed by atoms with Gasteiger partial charge in [-0.05, 0) is 18.2 Å². The molecule has 3 aliphatic carbocycles. The van der Waals surface area contributed by atoms with Gasteiger partial charge in [0.1, 0.15) is 0 Å². The monoisotopic (exact) mass is 468 g/mol. The SMILES string of the molecule is [CH]1C=CC(c2cnc(-c3cc(-c4ncc(C5=C[CH]C=C5)o4)cc(-c4ncc(C5=C[CH]C=C5)o4)c3)o2)=C1. The van der Waals surface area contributed by atoms with E-state index in [-0.39, 0.29) is 0 Å². The van der Waals surface area contributed by atoms with Crippen LogP contribution in [0.25, 0.3) is 51.1 Å². The van der Waals surface area contributed by atoms with Gasteiger partial charge in [-0.15, -0.1) is 0 Å². The molecule has 0 N–H and O–H groups in total. The van der Waals surface area contributed by atoms with Crippen molar-refractivity contribution in [2.24, 2.45) is 0 Å². The Labute approximate surface area is 207 Å². The third kappa shape index (κ3) is 3.73. The minimum absolute atomic E-state index is 0.486. The number of rotatable bonds is 6. The summed E-state index contributed by atoms with van der Waals surface area (Å²) in [6.07, 6.45) is 28.9. The largest absolute Gasteiger partial charge is 0.436 e. The second kappa shape index (κ2) is 8.50. The highest BCUT2D eigenvalue weighted by molar-refractivity contribution is 5.80. The van der Waals surface area contributed by atoms with E-state index >= 15 is 0 Å². The first-order valence-corrected chi connectivity index (χ1v) is 11.5. The summed E-state index contributed by atoms with van der Waals surface area (Å²) in [5.41, 5.74) is 5.22. The number of allylic oxidation sites excluding steroid dienone is 12. The van der Waals surface area contributed by atoms with E-state index in [9.17, 15) is 0 Å². The minimum Gasteiger partial charge on any atom is -0.436 e. The Kier molecular flexibility index (Phi) is 4.87. The summed E-state index contributed by atoms with van der Waals surface area (Å²) in [7, 11) is 0. The summed E-state index contributed by atoms with van der Waals surface area (Å²) in [5, 5.41) is 0. The Morgan fingerprint density at radius 3 is 1.06 bits per heavy atom. The van der Waals surface area contributed by atoms with Crippen LogP contribution in [0, 0.1) is 19.3 Å². The maximum atomic E-state index is 6.11. The van der Waals surface area contributed by atoms with Crippen LogP contribution in [-0.2, 0) is 0 Å². The van der Waals surface area contributed by atoms with Gasteiger partial charge in [-0.1, -0.05) is 54.7 Å². The van der Waals surface area contributed by atoms with Crippen molar-refractivity contribution in [2.45, 2.75) is 0 Å². The van der Waals surface area contributed by atoms with Crippen LogP contribution >= 0.6 is 0 Å². The summed E-state index contributed by atoms with van der Waals surface area (Å²) >= 11 is 0. The van der Waals surface area contributed by atoms with E-state index in [0.717, 1.165) is 33.4 Å². The fraction of sp³-hybridized carbons (Fsp3) is 0. The first-order valence-electron chi connectivity index (χ1n) is 11.5. The van der Waals surface area contributed by atoms with E-state index in [1.165, 1.54) is 0 Å². The molecule has 0 saturated carbocycles. The molecule has 0 aliphatic heterocycles. The van der Waals surface area contributed by atoms with E-state index in [2.05, 4.69) is 15.0 Å². The molecule has 0 atom stereocenters. The molecule has 0 unspecified atom stereocenters. The average molecular weight is 468 g/mol. The van der Waals surface area contributed by atoms with Crippen LogP contribution in [-0.4, -0.2) is 15.0 Å². The molecule has 1 aromatic carbocycles. The number of benzene rings is 1. The van der Waals surface area contributed by atoms with Crippen LogP contribution in [0.15, 0.2) is 105 Å². The van der Waals surface area contributed by atoms with Crippen molar-refractivity contribution < 1.29 is 13.3 Å². The number of hydrogen-bond acceptors (Lipinski definition) is 6. The Balaban J connectivity index is 1.32. The van der Waals surface area contributed by atoms with E-state index in [0.29, 0.717) is 35.0 Å². The second-order valence-electron chi connectivity index (χ2n) is 8.41. The molecule has 36 heavy (non-hydrogen) atoms. The van der Waals surface area contributed by atoms with Gasteiger partial charge in [0.25, 0.3) is 0 Å². The maximum absolute atomic E-state index is 6.11. The van der Waals surface area contributed by atoms with E-state index in [1.54, 1.807) is 18.6 Å². The number of hydrogen-bond donors (Lipinski definition) is 0. The predicted octanol–water partition coefficient (Wildman–Crippen LogP) is 7.12. The first-order chi connectivity index (χ1) is 17.8. The van der Waals surface area contributed by atoms with E-state index in [4.69, 9.17) is 13.3 Å². The molecule has 3 heterocycles. The molecule has 7 rings (SSSR count). The van der Waals surface area contributed by atoms with Crippen LogP contribution in [0.5, 0.6) is 0 Å². The molecule has 0 saturated heterocycles. The van der Waals surface area contributed by atoms with Crippen LogP contribution in [0.2, 0.25) is 0 Å². The van der Waals surface area contributed by atoms with Crippen molar-refractivity contribution in [3.05, 3.63) is 128 Å². The molecule has 4 aromatic rings. The van der Waals surface area contributed by atoms with Crippen molar-refractivity contribution >= 4 is 16.7 Å². The topological polar surface area (TPSA) is 78.1 Å². The van der Waals surface area contributed by atoms with Gasteiger partial charge in [0.05, 0.1) is 18.6 Å². The third-order valence-corrected chi connectivity index (χ3v) is 6.03. The number of oxazole rings is 3. The van der Waals surface area contributed by atoms with Crippen LogP contribution < -0.4 is 0 Å². The van der Waals surface area contributed by atoms with Gasteiger partial charge in [-0.2, -0.15) is 0 Å². The molecule has 0 amide bonds. The highest BCUT2D eigenvalue weighted by Crippen LogP contribution is 2.35. The zero-order valence-electron chi connectivity index (χ0n) is 19.0. The average Bonchev–Trinajstić information content (AvgIpc) is 3.77. The third-order valence-electron chi connectivity index (χ3n) is 6.03. The normalized spacial score (nSPS) is 16.2. The van der Waals surface area contributed by atoms with Gasteiger partial charge >= 0.3 is 0 Å². The second-order valence-corrected chi connectivity index (χ2v) is 8.41. The van der Waals surface area contributed by atoms with E-state index < -0.39 is 0 Å². The molecule has 171 valence electrons. The zero-order chi connectivity index (χ0) is 23.9. The standard InChI is InChI=1S/C30H18N3O3/c1-2-8-19(7-1)25-16-31-28(34-25)22-13-23(29-32-17-26(35-29)20-9-3-4-10-20)15-24(14-22)30-33-18-27(36-30)21-11-5-6-12-21/h1-18H. The van der Waals surface area contributed by atoms with Gasteiger partial charge in [0, 0.05) is 52.7 Å². The van der Waals surface area contributed by atoms with Gasteiger partial charge in [-0.25, -0.2) is 15.0 Å². The Morgan fingerprint density at radius 1 is 0.444 bits per heavy atom. The summed E-state index contributed by atoms with van der Waals surface area (Å²) in [5.74, 6) is 3.56. The smallest absolute Gasteiger partial charge is 0.226 e. The van der Waals surface area contributed by atoms with Crippen LogP contribution in [0.3, 0.4) is 0 Å². The van der Waals surface area contributed by atoms with Gasteiger partial charge in [-0.3, -0.25) is 0 Å². The zero-order valence-corrected chi connectivity index (χ0v) is 19.0. The lowest BCUT2D eigenvalue weighted by molar-refractivity contribution is 0.558. The summed E-state index contributed by atoms with van der Waals surface area (Å²) in [6, 6.07) is 5.85. The lowest BCUT2D eigenvalue weighted by Gasteiger charge is -2.05. The molecule has 0 bridgehead atoms. The van der Waals surface area contributed by atoms with Gasteiger partial charge < -0.3 is 13.3 Å². The molecular formula is C30H18N3O3. The lowest BCUT2D eigenvalue weighted by atomic mass is 10.1. The van der Waals surface area contributed by atoms with Crippen molar-refractivity contribution in [3.8, 4) is 34.4 Å². The lowest BCUT2D eigenvalue weighted by Crippen LogP contribution is -1.86. The molecule has 6 nitrogen and oxygen atoms in total. The molecule has 0 spiro atoms. The molecular weight excluding hydrogens is 450 g/mol. The van der Waals surface area contributed by atoms with Crippen molar-refractivity contribution in [2.75, 3.05) is 0 Å². The Hall–Kier alpha value is -4.71. The molecule has 3 radical (unpaired) electrons. The van der Waals surface area contributed by atoms with Crippen molar-refractivity contribution in [3.63, 3.8) is 0 Å². The molecule has 3 aromatic heterocycles. The highest BCUT2D eigenvalue weighted by Gasteiger charge is 2.19. The predicted molar refractivity (Wildman–Crippen MR) is 137 cm³/mol.